The summed E-state index contributed by atoms with van der Waals surface area (Å²) in [6, 6.07) is 17.0. The Balaban J connectivity index is 2.11. The van der Waals surface area contributed by atoms with Crippen molar-refractivity contribution in [3.05, 3.63) is 60.2 Å². The lowest BCUT2D eigenvalue weighted by Gasteiger charge is -2.07. The predicted octanol–water partition coefficient (Wildman–Crippen LogP) is 3.33. The molecule has 0 unspecified atom stereocenters. The van der Waals surface area contributed by atoms with Crippen molar-refractivity contribution >= 4 is 34.0 Å². The molecule has 2 aromatic heterocycles. The Bertz CT molecular complexity index is 1090. The van der Waals surface area contributed by atoms with Gasteiger partial charge in [-0.15, -0.1) is 0 Å². The molecule has 0 fully saturated rings. The molecule has 0 spiro atoms. The topological polar surface area (TPSA) is 83.0 Å². The van der Waals surface area contributed by atoms with Crippen molar-refractivity contribution in [2.24, 2.45) is 0 Å². The van der Waals surface area contributed by atoms with Crippen LogP contribution in [-0.4, -0.2) is 27.1 Å². The van der Waals surface area contributed by atoms with Gasteiger partial charge in [0.2, 0.25) is 0 Å². The first-order valence-corrected chi connectivity index (χ1v) is 8.00. The normalized spacial score (nSPS) is 11.1. The number of rotatable bonds is 3. The quantitative estimate of drug-likeness (QED) is 0.582. The lowest BCUT2D eigenvalue weighted by molar-refractivity contribution is 0.0529. The molecule has 0 aliphatic carbocycles. The number of nitrogens with zero attached hydrogens (tertiary/aromatic N) is 3. The second-order valence-corrected chi connectivity index (χ2v) is 5.54. The number of nitrogen functional groups attached to an aromatic ring is 1. The van der Waals surface area contributed by atoms with E-state index in [4.69, 9.17) is 15.5 Å². The SMILES string of the molecule is CCOC(=O)c1c(N)n(-c2ccccc2)c2nc3ccccc3nc12. The van der Waals surface area contributed by atoms with E-state index in [0.29, 0.717) is 16.7 Å². The van der Waals surface area contributed by atoms with Crippen molar-refractivity contribution in [1.29, 1.82) is 0 Å². The predicted molar refractivity (Wildman–Crippen MR) is 96.7 cm³/mol. The van der Waals surface area contributed by atoms with E-state index in [0.717, 1.165) is 11.2 Å². The fraction of sp³-hybridized carbons (Fsp3) is 0.105. The first-order valence-electron chi connectivity index (χ1n) is 8.00. The molecule has 0 bridgehead atoms. The van der Waals surface area contributed by atoms with Crippen LogP contribution in [-0.2, 0) is 4.74 Å². The van der Waals surface area contributed by atoms with E-state index in [1.54, 1.807) is 11.5 Å². The maximum atomic E-state index is 12.5. The van der Waals surface area contributed by atoms with E-state index in [1.165, 1.54) is 0 Å². The van der Waals surface area contributed by atoms with Gasteiger partial charge in [-0.05, 0) is 31.2 Å². The van der Waals surface area contributed by atoms with Crippen LogP contribution in [0.5, 0.6) is 0 Å². The summed E-state index contributed by atoms with van der Waals surface area (Å²) in [4.78, 5) is 21.8. The number of para-hydroxylation sites is 3. The summed E-state index contributed by atoms with van der Waals surface area (Å²) in [7, 11) is 0. The molecule has 0 aliphatic heterocycles. The van der Waals surface area contributed by atoms with Crippen molar-refractivity contribution in [1.82, 2.24) is 14.5 Å². The van der Waals surface area contributed by atoms with Gasteiger partial charge in [-0.2, -0.15) is 0 Å². The van der Waals surface area contributed by atoms with Crippen molar-refractivity contribution < 1.29 is 9.53 Å². The Morgan fingerprint density at radius 3 is 2.36 bits per heavy atom. The van der Waals surface area contributed by atoms with Crippen LogP contribution in [0.2, 0.25) is 0 Å². The van der Waals surface area contributed by atoms with Gasteiger partial charge < -0.3 is 10.5 Å². The van der Waals surface area contributed by atoms with Gasteiger partial charge in [-0.3, -0.25) is 4.57 Å². The number of hydrogen-bond donors (Lipinski definition) is 1. The van der Waals surface area contributed by atoms with Gasteiger partial charge in [0.05, 0.1) is 17.6 Å². The van der Waals surface area contributed by atoms with E-state index < -0.39 is 5.97 Å². The summed E-state index contributed by atoms with van der Waals surface area (Å²) < 4.78 is 6.92. The molecule has 0 aliphatic rings. The Hall–Kier alpha value is -3.41. The average molecular weight is 332 g/mol. The molecule has 6 heteroatoms. The number of anilines is 1. The van der Waals surface area contributed by atoms with Crippen LogP contribution in [0.4, 0.5) is 5.82 Å². The van der Waals surface area contributed by atoms with Crippen LogP contribution in [0.25, 0.3) is 27.9 Å². The van der Waals surface area contributed by atoms with Crippen LogP contribution >= 0.6 is 0 Å². The summed E-state index contributed by atoms with van der Waals surface area (Å²) in [6.07, 6.45) is 0. The highest BCUT2D eigenvalue weighted by molar-refractivity contribution is 6.08. The molecular weight excluding hydrogens is 316 g/mol. The molecule has 0 radical (unpaired) electrons. The monoisotopic (exact) mass is 332 g/mol. The van der Waals surface area contributed by atoms with Gasteiger partial charge in [0.25, 0.3) is 0 Å². The molecular formula is C19H16N4O2. The van der Waals surface area contributed by atoms with Gasteiger partial charge in [-0.1, -0.05) is 30.3 Å². The molecule has 0 atom stereocenters. The summed E-state index contributed by atoms with van der Waals surface area (Å²) in [5.74, 6) is -0.223. The highest BCUT2D eigenvalue weighted by Crippen LogP contribution is 2.31. The van der Waals surface area contributed by atoms with Gasteiger partial charge in [0.15, 0.2) is 5.65 Å². The van der Waals surface area contributed by atoms with Gasteiger partial charge in [0.1, 0.15) is 16.9 Å². The molecule has 0 amide bonds. The maximum absolute atomic E-state index is 12.5. The van der Waals surface area contributed by atoms with Crippen molar-refractivity contribution in [2.75, 3.05) is 12.3 Å². The molecule has 2 aromatic carbocycles. The van der Waals surface area contributed by atoms with E-state index in [2.05, 4.69) is 4.98 Å². The van der Waals surface area contributed by atoms with Crippen LogP contribution in [0, 0.1) is 0 Å². The van der Waals surface area contributed by atoms with Crippen LogP contribution < -0.4 is 5.73 Å². The Labute approximate surface area is 143 Å². The largest absolute Gasteiger partial charge is 0.462 e. The van der Waals surface area contributed by atoms with Crippen molar-refractivity contribution in [3.8, 4) is 5.69 Å². The number of nitrogens with two attached hydrogens (primary N) is 1. The van der Waals surface area contributed by atoms with Crippen molar-refractivity contribution in [2.45, 2.75) is 6.92 Å². The molecule has 0 saturated heterocycles. The Morgan fingerprint density at radius 1 is 1.04 bits per heavy atom. The number of benzene rings is 2. The number of ether oxygens (including phenoxy) is 1. The fourth-order valence-electron chi connectivity index (χ4n) is 2.90. The standard InChI is InChI=1S/C19H16N4O2/c1-2-25-19(24)15-16-18(22-14-11-7-6-10-13(14)21-16)23(17(15)20)12-8-4-3-5-9-12/h3-11H,2,20H2,1H3. The third-order valence-corrected chi connectivity index (χ3v) is 3.99. The highest BCUT2D eigenvalue weighted by Gasteiger charge is 2.25. The molecule has 6 nitrogen and oxygen atoms in total. The zero-order valence-corrected chi connectivity index (χ0v) is 13.6. The highest BCUT2D eigenvalue weighted by atomic mass is 16.5. The van der Waals surface area contributed by atoms with E-state index in [9.17, 15) is 4.79 Å². The number of fused-ring (bicyclic) bond motifs is 2. The lowest BCUT2D eigenvalue weighted by atomic mass is 10.2. The lowest BCUT2D eigenvalue weighted by Crippen LogP contribution is -2.09. The van der Waals surface area contributed by atoms with Gasteiger partial charge >= 0.3 is 5.97 Å². The van der Waals surface area contributed by atoms with Crippen LogP contribution in [0.3, 0.4) is 0 Å². The fourth-order valence-corrected chi connectivity index (χ4v) is 2.90. The zero-order chi connectivity index (χ0) is 17.4. The zero-order valence-electron chi connectivity index (χ0n) is 13.6. The summed E-state index contributed by atoms with van der Waals surface area (Å²) in [6.45, 7) is 2.02. The third-order valence-electron chi connectivity index (χ3n) is 3.99. The van der Waals surface area contributed by atoms with E-state index in [1.807, 2.05) is 54.6 Å². The molecule has 2 heterocycles. The van der Waals surface area contributed by atoms with E-state index in [-0.39, 0.29) is 18.0 Å². The third kappa shape index (κ3) is 2.39. The summed E-state index contributed by atoms with van der Waals surface area (Å²) in [5.41, 5.74) is 9.80. The molecule has 0 saturated carbocycles. The molecule has 4 aromatic rings. The number of esters is 1. The van der Waals surface area contributed by atoms with E-state index >= 15 is 0 Å². The first kappa shape index (κ1) is 15.1. The summed E-state index contributed by atoms with van der Waals surface area (Å²) >= 11 is 0. The maximum Gasteiger partial charge on any atom is 0.344 e. The number of carbonyl (C=O) groups excluding carboxylic acids is 1. The molecule has 2 N–H and O–H groups in total. The van der Waals surface area contributed by atoms with Gasteiger partial charge in [-0.25, -0.2) is 14.8 Å². The number of carbonyl (C=O) groups is 1. The second-order valence-electron chi connectivity index (χ2n) is 5.54. The second kappa shape index (κ2) is 5.90. The first-order chi connectivity index (χ1) is 12.2. The molecule has 4 rings (SSSR count). The Morgan fingerprint density at radius 2 is 1.68 bits per heavy atom. The summed E-state index contributed by atoms with van der Waals surface area (Å²) in [5, 5.41) is 0. The van der Waals surface area contributed by atoms with Crippen LogP contribution in [0.15, 0.2) is 54.6 Å². The number of aromatic nitrogens is 3. The minimum atomic E-state index is -0.496. The van der Waals surface area contributed by atoms with Gasteiger partial charge in [0, 0.05) is 5.69 Å². The minimum absolute atomic E-state index is 0.249. The Kier molecular flexibility index (Phi) is 3.57. The van der Waals surface area contributed by atoms with Crippen LogP contribution in [0.1, 0.15) is 17.3 Å². The smallest absolute Gasteiger partial charge is 0.344 e. The van der Waals surface area contributed by atoms with Crippen molar-refractivity contribution in [3.63, 3.8) is 0 Å². The average Bonchev–Trinajstić information content (AvgIpc) is 2.91. The number of hydrogen-bond acceptors (Lipinski definition) is 5. The molecule has 124 valence electrons. The molecule has 25 heavy (non-hydrogen) atoms. The minimum Gasteiger partial charge on any atom is -0.462 e.